The second kappa shape index (κ2) is 7.30. The SMILES string of the molecule is CCC(N)Cc1ccc(Sc2ccccc2Br)c(C)c1. The zero-order valence-electron chi connectivity index (χ0n) is 11.9. The molecular formula is C17H20BrNS. The van der Waals surface area contributed by atoms with Crippen molar-refractivity contribution in [3.05, 3.63) is 58.1 Å². The van der Waals surface area contributed by atoms with Crippen LogP contribution < -0.4 is 5.73 Å². The maximum Gasteiger partial charge on any atom is 0.0314 e. The third kappa shape index (κ3) is 4.11. The molecule has 1 nitrogen and oxygen atoms in total. The van der Waals surface area contributed by atoms with Gasteiger partial charge in [-0.15, -0.1) is 0 Å². The van der Waals surface area contributed by atoms with Crippen molar-refractivity contribution in [2.45, 2.75) is 42.5 Å². The Morgan fingerprint density at radius 2 is 1.90 bits per heavy atom. The summed E-state index contributed by atoms with van der Waals surface area (Å²) < 4.78 is 1.14. The average Bonchev–Trinajstić information content (AvgIpc) is 2.44. The molecule has 20 heavy (non-hydrogen) atoms. The first kappa shape index (κ1) is 15.6. The van der Waals surface area contributed by atoms with Crippen LogP contribution in [0.4, 0.5) is 0 Å². The monoisotopic (exact) mass is 349 g/mol. The van der Waals surface area contributed by atoms with E-state index in [-0.39, 0.29) is 6.04 Å². The molecule has 1 atom stereocenters. The van der Waals surface area contributed by atoms with Crippen molar-refractivity contribution < 1.29 is 0 Å². The predicted molar refractivity (Wildman–Crippen MR) is 91.4 cm³/mol. The van der Waals surface area contributed by atoms with E-state index >= 15 is 0 Å². The normalized spacial score (nSPS) is 12.4. The van der Waals surface area contributed by atoms with Crippen LogP contribution in [-0.2, 0) is 6.42 Å². The van der Waals surface area contributed by atoms with Crippen molar-refractivity contribution in [3.63, 3.8) is 0 Å². The first-order valence-electron chi connectivity index (χ1n) is 6.87. The molecule has 1 unspecified atom stereocenters. The molecule has 2 rings (SSSR count). The van der Waals surface area contributed by atoms with E-state index in [0.29, 0.717) is 0 Å². The van der Waals surface area contributed by atoms with Crippen LogP contribution in [0.5, 0.6) is 0 Å². The van der Waals surface area contributed by atoms with E-state index in [2.05, 4.69) is 66.2 Å². The first-order valence-corrected chi connectivity index (χ1v) is 8.48. The highest BCUT2D eigenvalue weighted by Gasteiger charge is 2.07. The number of rotatable bonds is 5. The van der Waals surface area contributed by atoms with Crippen molar-refractivity contribution in [2.75, 3.05) is 0 Å². The molecule has 0 spiro atoms. The lowest BCUT2D eigenvalue weighted by Crippen LogP contribution is -2.21. The Hall–Kier alpha value is -0.770. The van der Waals surface area contributed by atoms with Crippen molar-refractivity contribution in [2.24, 2.45) is 5.73 Å². The van der Waals surface area contributed by atoms with Crippen molar-refractivity contribution in [1.82, 2.24) is 0 Å². The fourth-order valence-electron chi connectivity index (χ4n) is 2.05. The molecule has 0 bridgehead atoms. The second-order valence-corrected chi connectivity index (χ2v) is 6.94. The highest BCUT2D eigenvalue weighted by molar-refractivity contribution is 9.10. The highest BCUT2D eigenvalue weighted by atomic mass is 79.9. The molecule has 0 amide bonds. The standard InChI is InChI=1S/C17H20BrNS/c1-3-14(19)11-13-8-9-16(12(2)10-13)20-17-7-5-4-6-15(17)18/h4-10,14H,3,11,19H2,1-2H3. The Kier molecular flexibility index (Phi) is 5.70. The van der Waals surface area contributed by atoms with Gasteiger partial charge in [0.15, 0.2) is 0 Å². The third-order valence-electron chi connectivity index (χ3n) is 3.32. The minimum Gasteiger partial charge on any atom is -0.327 e. The van der Waals surface area contributed by atoms with Gasteiger partial charge in [-0.05, 0) is 65.0 Å². The summed E-state index contributed by atoms with van der Waals surface area (Å²) >= 11 is 5.39. The molecule has 2 N–H and O–H groups in total. The molecule has 0 heterocycles. The minimum atomic E-state index is 0.260. The van der Waals surface area contributed by atoms with Gasteiger partial charge in [0.2, 0.25) is 0 Å². The van der Waals surface area contributed by atoms with Crippen LogP contribution in [0.2, 0.25) is 0 Å². The van der Waals surface area contributed by atoms with Crippen molar-refractivity contribution in [3.8, 4) is 0 Å². The van der Waals surface area contributed by atoms with Gasteiger partial charge in [-0.1, -0.05) is 43.0 Å². The molecule has 2 aromatic rings. The van der Waals surface area contributed by atoms with E-state index in [1.54, 1.807) is 11.8 Å². The fourth-order valence-corrected chi connectivity index (χ4v) is 3.48. The van der Waals surface area contributed by atoms with Crippen molar-refractivity contribution in [1.29, 1.82) is 0 Å². The summed E-state index contributed by atoms with van der Waals surface area (Å²) in [4.78, 5) is 2.54. The molecule has 3 heteroatoms. The predicted octanol–water partition coefficient (Wildman–Crippen LogP) is 5.19. The van der Waals surface area contributed by atoms with E-state index in [4.69, 9.17) is 5.73 Å². The maximum absolute atomic E-state index is 6.03. The Bertz CT molecular complexity index is 583. The van der Waals surface area contributed by atoms with Gasteiger partial charge in [-0.2, -0.15) is 0 Å². The van der Waals surface area contributed by atoms with Gasteiger partial charge in [-0.25, -0.2) is 0 Å². The smallest absolute Gasteiger partial charge is 0.0314 e. The molecular weight excluding hydrogens is 330 g/mol. The lowest BCUT2D eigenvalue weighted by atomic mass is 10.0. The molecule has 0 aromatic heterocycles. The van der Waals surface area contributed by atoms with Gasteiger partial charge in [-0.3, -0.25) is 0 Å². The lowest BCUT2D eigenvalue weighted by Gasteiger charge is -2.12. The number of aryl methyl sites for hydroxylation is 1. The Balaban J connectivity index is 2.16. The zero-order valence-corrected chi connectivity index (χ0v) is 14.3. The highest BCUT2D eigenvalue weighted by Crippen LogP contribution is 2.35. The summed E-state index contributed by atoms with van der Waals surface area (Å²) in [5.41, 5.74) is 8.66. The largest absolute Gasteiger partial charge is 0.327 e. The third-order valence-corrected chi connectivity index (χ3v) is 5.53. The lowest BCUT2D eigenvalue weighted by molar-refractivity contribution is 0.646. The molecule has 0 saturated carbocycles. The molecule has 106 valence electrons. The Morgan fingerprint density at radius 1 is 1.15 bits per heavy atom. The van der Waals surface area contributed by atoms with E-state index < -0.39 is 0 Å². The molecule has 0 aliphatic rings. The minimum absolute atomic E-state index is 0.260. The van der Waals surface area contributed by atoms with Crippen LogP contribution in [0.3, 0.4) is 0 Å². The van der Waals surface area contributed by atoms with Crippen LogP contribution in [-0.4, -0.2) is 6.04 Å². The molecule has 0 radical (unpaired) electrons. The van der Waals surface area contributed by atoms with E-state index in [1.807, 2.05) is 6.07 Å². The summed E-state index contributed by atoms with van der Waals surface area (Å²) in [6, 6.07) is 15.2. The molecule has 0 saturated heterocycles. The van der Waals surface area contributed by atoms with Crippen LogP contribution in [0.15, 0.2) is 56.7 Å². The number of benzene rings is 2. The van der Waals surface area contributed by atoms with Gasteiger partial charge >= 0.3 is 0 Å². The summed E-state index contributed by atoms with van der Waals surface area (Å²) in [6.45, 7) is 4.30. The molecule has 0 fully saturated rings. The summed E-state index contributed by atoms with van der Waals surface area (Å²) in [6.07, 6.45) is 1.98. The van der Waals surface area contributed by atoms with Gasteiger partial charge in [0.05, 0.1) is 0 Å². The van der Waals surface area contributed by atoms with Crippen LogP contribution in [0.1, 0.15) is 24.5 Å². The Morgan fingerprint density at radius 3 is 2.55 bits per heavy atom. The van der Waals surface area contributed by atoms with E-state index in [9.17, 15) is 0 Å². The van der Waals surface area contributed by atoms with Gasteiger partial charge in [0.1, 0.15) is 0 Å². The number of hydrogen-bond donors (Lipinski definition) is 1. The molecule has 2 aromatic carbocycles. The van der Waals surface area contributed by atoms with Crippen molar-refractivity contribution >= 4 is 27.7 Å². The summed E-state index contributed by atoms with van der Waals surface area (Å²) in [7, 11) is 0. The summed E-state index contributed by atoms with van der Waals surface area (Å²) in [5.74, 6) is 0. The quantitative estimate of drug-likeness (QED) is 0.803. The van der Waals surface area contributed by atoms with E-state index in [0.717, 1.165) is 17.3 Å². The maximum atomic E-state index is 6.03. The van der Waals surface area contributed by atoms with Crippen LogP contribution in [0, 0.1) is 6.92 Å². The summed E-state index contributed by atoms with van der Waals surface area (Å²) in [5, 5.41) is 0. The topological polar surface area (TPSA) is 26.0 Å². The number of hydrogen-bond acceptors (Lipinski definition) is 2. The van der Waals surface area contributed by atoms with Gasteiger partial charge in [0, 0.05) is 20.3 Å². The van der Waals surface area contributed by atoms with E-state index in [1.165, 1.54) is 20.9 Å². The fraction of sp³-hybridized carbons (Fsp3) is 0.294. The number of halogens is 1. The second-order valence-electron chi connectivity index (χ2n) is 5.00. The molecule has 0 aliphatic heterocycles. The first-order chi connectivity index (χ1) is 9.60. The van der Waals surface area contributed by atoms with Crippen LogP contribution in [0.25, 0.3) is 0 Å². The molecule has 0 aliphatic carbocycles. The average molecular weight is 350 g/mol. The van der Waals surface area contributed by atoms with Gasteiger partial charge in [0.25, 0.3) is 0 Å². The van der Waals surface area contributed by atoms with Crippen LogP contribution >= 0.6 is 27.7 Å². The van der Waals surface area contributed by atoms with Gasteiger partial charge < -0.3 is 5.73 Å². The Labute approximate surface area is 134 Å². The zero-order chi connectivity index (χ0) is 14.5. The number of nitrogens with two attached hydrogens (primary N) is 1.